The molecule has 12 aliphatic heterocycles. The maximum absolute atomic E-state index is 16.0. The zero-order valence-corrected chi connectivity index (χ0v) is 77.6. The number of aromatic amines is 3. The van der Waals surface area contributed by atoms with Crippen molar-refractivity contribution in [2.75, 3.05) is 56.8 Å². The summed E-state index contributed by atoms with van der Waals surface area (Å²) in [5, 5.41) is 33.4. The smallest absolute Gasteiger partial charge is 0.386 e. The maximum atomic E-state index is 16.0. The molecular weight excluding hydrogens is 2060 g/mol. The van der Waals surface area contributed by atoms with E-state index in [0.29, 0.717) is 0 Å². The molecule has 57 nitrogen and oxygen atoms in total. The predicted molar refractivity (Wildman–Crippen MR) is 466 cm³/mol. The monoisotopic (exact) mass is 2120 g/mol. The molecule has 0 saturated carbocycles. The number of alkyl halides is 3. The predicted octanol–water partition coefficient (Wildman–Crippen LogP) is -0.283. The molecule has 6 unspecified atom stereocenters. The summed E-state index contributed by atoms with van der Waals surface area (Å²) in [5.74, 6) is -1.50. The highest BCUT2D eigenvalue weighted by Gasteiger charge is 2.59. The van der Waals surface area contributed by atoms with Gasteiger partial charge in [-0.1, -0.05) is 12.2 Å². The fourth-order valence-electron chi connectivity index (χ4n) is 16.1. The van der Waals surface area contributed by atoms with Gasteiger partial charge in [0.15, 0.2) is 141 Å². The number of thiol groups is 1. The molecule has 0 amide bonds. The SMILES string of the molecule is Nc1nc2c(ncn2[C@@H]2O[C@@H]3COP(O)(=S)O[C@H]4[C@H](F)[C@H](n5cnc6c5N=CCC6=O)O[C@@H]4COP(=O)(S)O[C@@H]2[C@@H]3O)c(=O)[nH]1.Nc1nc2c(ncn2[C@@H]2O[C@@H]3COP(O)(=S)O[C@H]4[C@H](F)[C@H](n5cnc6c5N=CCC6=O)O[C@@H]4COP(O)(=S)O[C@@H]2[C@@H]3O)c(=O)[nH]1.Nc1nc2c(ncn2[C@@H]2O[C@@H]3COP(O)(=S)O[C@H]4[C@H](F)[C@H](n5cnc6c5N=CCC6=O)O[C@@H]4COP(O)(=S)O[C@@H]2[C@@H]3O)c(=O)[nH]1. The molecule has 17 N–H and O–H groups in total. The number of aromatic nitrogens is 18. The van der Waals surface area contributed by atoms with Crippen LogP contribution in [0.4, 0.5) is 48.5 Å². The summed E-state index contributed by atoms with van der Waals surface area (Å²) in [6.07, 6.45) is -25.4. The average Bonchev–Trinajstić information content (AvgIpc) is 1.62. The second-order valence-corrected chi connectivity index (χ2v) is 47.6. The van der Waals surface area contributed by atoms with Gasteiger partial charge in [0.1, 0.15) is 91.6 Å². The number of hydrogen-bond acceptors (Lipinski definition) is 48. The van der Waals surface area contributed by atoms with E-state index in [4.69, 9.17) is 159 Å². The van der Waals surface area contributed by atoms with Crippen LogP contribution in [0.1, 0.15) is 88.1 Å². The first-order valence-electron chi connectivity index (χ1n) is 39.3. The zero-order chi connectivity index (χ0) is 95.5. The standard InChI is InChI=1S/3C21H23FN8O11P2S2/c3*22-10-14-9(39-19(10)29-5-25-11-7(31)1-2-24-16(11)29)4-37-43(35,45)41-15-13(32)8(3-36-42(34,44)40-14)38-20(15)30-6-26-12-17(30)27-21(23)28-18(12)33/h3*2,5-6,8-10,13-15,19-20,32H,1,3-4H2,(H,34,44)(H,35,45)(H3,23,27,28,33)/t3*8-,9-,10+,13-,14-,15-,19-,20-,42?,43?/m111/s1. The Kier molecular flexibility index (Phi) is 26.4. The number of H-pyrrole nitrogens is 3. The Labute approximate surface area is 778 Å². The van der Waals surface area contributed by atoms with Crippen LogP contribution < -0.4 is 33.9 Å². The Morgan fingerprint density at radius 1 is 0.363 bits per heavy atom. The number of fused-ring (bicyclic) bond motifs is 15. The van der Waals surface area contributed by atoms with Crippen molar-refractivity contribution in [3.8, 4) is 0 Å². The van der Waals surface area contributed by atoms with Gasteiger partial charge in [-0.2, -0.15) is 15.0 Å². The first-order valence-corrected chi connectivity index (χ1v) is 55.0. The quantitative estimate of drug-likeness (QED) is 0.0752. The molecule has 72 heteroatoms. The van der Waals surface area contributed by atoms with Gasteiger partial charge < -0.3 is 108 Å². The number of nitrogens with one attached hydrogen (secondary N) is 3. The lowest BCUT2D eigenvalue weighted by molar-refractivity contribution is -0.0604. The van der Waals surface area contributed by atoms with Crippen molar-refractivity contribution in [3.05, 3.63) is 86.1 Å². The second kappa shape index (κ2) is 37.0. The Hall–Kier alpha value is -7.32. The third kappa shape index (κ3) is 18.9. The minimum absolute atomic E-state index is 0.0215. The summed E-state index contributed by atoms with van der Waals surface area (Å²) >= 11 is 29.9. The van der Waals surface area contributed by atoms with Crippen LogP contribution in [0.5, 0.6) is 0 Å². The highest BCUT2D eigenvalue weighted by molar-refractivity contribution is 8.44. The van der Waals surface area contributed by atoms with Crippen molar-refractivity contribution in [1.29, 1.82) is 0 Å². The molecule has 12 aliphatic rings. The molecule has 21 rings (SSSR count). The van der Waals surface area contributed by atoms with Gasteiger partial charge in [-0.25, -0.2) is 62.6 Å². The van der Waals surface area contributed by atoms with Gasteiger partial charge in [0.2, 0.25) is 17.8 Å². The number of aliphatic hydroxyl groups is 3. The number of imidazole rings is 6. The van der Waals surface area contributed by atoms with E-state index >= 15 is 13.2 Å². The van der Waals surface area contributed by atoms with Gasteiger partial charge >= 0.3 is 40.4 Å². The molecule has 21 heterocycles. The van der Waals surface area contributed by atoms with Gasteiger partial charge in [-0.3, -0.25) is 103 Å². The lowest BCUT2D eigenvalue weighted by atomic mass is 10.1. The fraction of sp³-hybridized carbons (Fsp3) is 0.524. The summed E-state index contributed by atoms with van der Waals surface area (Å²) < 4.78 is 171. The molecule has 0 radical (unpaired) electrons. The van der Waals surface area contributed by atoms with Crippen LogP contribution in [-0.4, -0.2) is 313 Å². The topological polar surface area (TPSA) is 756 Å². The molecule has 0 aromatic carbocycles. The van der Waals surface area contributed by atoms with E-state index in [-0.39, 0.29) is 122 Å². The van der Waals surface area contributed by atoms with Gasteiger partial charge in [0.25, 0.3) is 16.7 Å². The number of nitrogens with two attached hydrogens (primary N) is 3. The highest BCUT2D eigenvalue weighted by Crippen LogP contribution is 2.61. The minimum Gasteiger partial charge on any atom is -0.387 e. The molecular formula is C63H69F3N24O33P6S6. The van der Waals surface area contributed by atoms with E-state index in [1.54, 1.807) is 0 Å². The van der Waals surface area contributed by atoms with Crippen molar-refractivity contribution >= 4 is 216 Å². The van der Waals surface area contributed by atoms with Crippen molar-refractivity contribution < 1.29 is 155 Å². The first kappa shape index (κ1) is 96.5. The van der Waals surface area contributed by atoms with E-state index in [0.717, 1.165) is 0 Å². The van der Waals surface area contributed by atoms with Crippen molar-refractivity contribution in [2.24, 2.45) is 15.0 Å². The Morgan fingerprint density at radius 2 is 0.607 bits per heavy atom. The lowest BCUT2D eigenvalue weighted by Crippen LogP contribution is -2.35. The van der Waals surface area contributed by atoms with Crippen LogP contribution >= 0.6 is 52.6 Å². The number of carbonyl (C=O) groups excluding carboxylic acids is 3. The average molecular weight is 2130 g/mol. The van der Waals surface area contributed by atoms with Gasteiger partial charge in [-0.15, -0.1) is 0 Å². The Morgan fingerprint density at radius 3 is 0.896 bits per heavy atom. The van der Waals surface area contributed by atoms with E-state index in [1.807, 2.05) is 0 Å². The molecule has 9 aromatic heterocycles. The molecule has 9 aromatic rings. The normalized spacial score (nSPS) is 38.8. The number of rotatable bonds is 6. The number of nitrogens with zero attached hydrogens (tertiary/aromatic N) is 18. The van der Waals surface area contributed by atoms with Crippen LogP contribution in [0.2, 0.25) is 0 Å². The molecule has 30 atom stereocenters. The molecule has 9 saturated heterocycles. The van der Waals surface area contributed by atoms with Crippen molar-refractivity contribution in [2.45, 2.75) is 167 Å². The number of ether oxygens (including phenoxy) is 6. The van der Waals surface area contributed by atoms with E-state index in [2.05, 4.69) is 87.0 Å². The number of anilines is 3. The minimum atomic E-state index is -4.42. The number of aliphatic imine (C=N–C) groups is 3. The van der Waals surface area contributed by atoms with E-state index in [9.17, 15) is 73.1 Å². The number of nitrogen functional groups attached to an aromatic ring is 3. The van der Waals surface area contributed by atoms with E-state index in [1.165, 1.54) is 84.0 Å². The summed E-state index contributed by atoms with van der Waals surface area (Å²) in [6, 6.07) is 0. The van der Waals surface area contributed by atoms with Crippen LogP contribution in [0.3, 0.4) is 0 Å². The number of halogens is 3. The van der Waals surface area contributed by atoms with Crippen LogP contribution in [0.15, 0.2) is 67.3 Å². The second-order valence-electron chi connectivity index (χ2n) is 30.8. The van der Waals surface area contributed by atoms with Gasteiger partial charge in [0, 0.05) is 37.9 Å². The largest absolute Gasteiger partial charge is 0.387 e. The number of Topliss-reactive ketones (excluding diaryl/α,β-unsaturated/α-hetero) is 3. The third-order valence-corrected chi connectivity index (χ3v) is 31.7. The molecule has 0 spiro atoms. The summed E-state index contributed by atoms with van der Waals surface area (Å²) in [7, 11) is 0. The van der Waals surface area contributed by atoms with Crippen LogP contribution in [0, 0.1) is 0 Å². The molecule has 0 aliphatic carbocycles. The van der Waals surface area contributed by atoms with E-state index < -0.39 is 244 Å². The highest BCUT2D eigenvalue weighted by atomic mass is 32.7. The van der Waals surface area contributed by atoms with Gasteiger partial charge in [0.05, 0.1) is 77.6 Å². The molecule has 9 fully saturated rings. The third-order valence-electron chi connectivity index (χ3n) is 22.2. The Balaban J connectivity index is 0.000000130. The Bertz CT molecular complexity index is 6250. The summed E-state index contributed by atoms with van der Waals surface area (Å²) in [6.45, 7) is -29.5. The number of hydrogen-bond donors (Lipinski definition) is 15. The molecule has 6 bridgehead atoms. The van der Waals surface area contributed by atoms with Gasteiger partial charge in [-0.05, 0) is 59.0 Å². The zero-order valence-electron chi connectivity index (χ0n) is 67.3. The molecule has 726 valence electrons. The number of ketones is 3. The fourth-order valence-corrected chi connectivity index (χ4v) is 24.7. The number of aliphatic hydroxyl groups excluding tert-OH is 3. The maximum Gasteiger partial charge on any atom is 0.386 e. The number of carbonyl (C=O) groups is 3. The lowest BCUT2D eigenvalue weighted by Gasteiger charge is -2.27. The molecule has 135 heavy (non-hydrogen) atoms. The van der Waals surface area contributed by atoms with Crippen LogP contribution in [0.25, 0.3) is 33.5 Å². The summed E-state index contributed by atoms with van der Waals surface area (Å²) in [4.78, 5) is 184. The van der Waals surface area contributed by atoms with Crippen molar-refractivity contribution in [1.82, 2.24) is 87.2 Å². The summed E-state index contributed by atoms with van der Waals surface area (Å²) in [5.41, 5.74) is 14.8. The van der Waals surface area contributed by atoms with Crippen molar-refractivity contribution in [3.63, 3.8) is 0 Å². The van der Waals surface area contributed by atoms with Crippen LogP contribution in [-0.2, 0) is 146 Å². The first-order chi connectivity index (χ1) is 63.9.